The van der Waals surface area contributed by atoms with Crippen molar-refractivity contribution in [3.63, 3.8) is 0 Å². The predicted octanol–water partition coefficient (Wildman–Crippen LogP) is 15.8. The summed E-state index contributed by atoms with van der Waals surface area (Å²) < 4.78 is 0. The summed E-state index contributed by atoms with van der Waals surface area (Å²) in [5.41, 5.74) is 5.78. The van der Waals surface area contributed by atoms with Gasteiger partial charge >= 0.3 is 0 Å². The average molecular weight is 656 g/mol. The van der Waals surface area contributed by atoms with Crippen LogP contribution >= 0.6 is 0 Å². The summed E-state index contributed by atoms with van der Waals surface area (Å²) in [6, 6.07) is 38.9. The lowest BCUT2D eigenvalue weighted by atomic mass is 9.75. The molecule has 0 heterocycles. The second kappa shape index (κ2) is 18.6. The second-order valence-electron chi connectivity index (χ2n) is 16.0. The van der Waals surface area contributed by atoms with Crippen molar-refractivity contribution < 1.29 is 0 Å². The monoisotopic (exact) mass is 656 g/mol. The fraction of sp³-hybridized carbons (Fsp3) is 0.375. The van der Waals surface area contributed by atoms with E-state index >= 15 is 0 Å². The molecule has 0 bridgehead atoms. The van der Waals surface area contributed by atoms with Gasteiger partial charge in [0.15, 0.2) is 0 Å². The molecule has 6 aromatic carbocycles. The molecule has 1 heteroatoms. The summed E-state index contributed by atoms with van der Waals surface area (Å²) in [6.07, 6.45) is 1.84. The zero-order valence-corrected chi connectivity index (χ0v) is 33.3. The molecule has 0 aliphatic carbocycles. The van der Waals surface area contributed by atoms with E-state index in [0.717, 1.165) is 11.6 Å². The Bertz CT molecular complexity index is 1800. The summed E-state index contributed by atoms with van der Waals surface area (Å²) in [4.78, 5) is 2.09. The first-order valence-corrected chi connectivity index (χ1v) is 18.2. The molecule has 1 atom stereocenters. The molecule has 0 spiro atoms. The van der Waals surface area contributed by atoms with Gasteiger partial charge in [-0.1, -0.05) is 188 Å². The maximum Gasteiger partial charge on any atom is 0.0484 e. The number of benzene rings is 6. The van der Waals surface area contributed by atoms with E-state index in [1.54, 1.807) is 0 Å². The van der Waals surface area contributed by atoms with Crippen molar-refractivity contribution in [2.24, 2.45) is 16.7 Å². The first-order chi connectivity index (χ1) is 23.0. The minimum Gasteiger partial charge on any atom is -0.318 e. The van der Waals surface area contributed by atoms with Gasteiger partial charge in [0.25, 0.3) is 0 Å². The third kappa shape index (κ3) is 12.1. The van der Waals surface area contributed by atoms with Crippen molar-refractivity contribution in [2.45, 2.75) is 103 Å². The SMILES string of the molecule is C=CN(c1ccccc1)c1ccccc1C.CC.CC(C)(C)C.CC(C)C.CC(c1ccc2ccc3cccc4ccc1c2c34)C(C)(C)C. The van der Waals surface area contributed by atoms with E-state index in [-0.39, 0.29) is 5.41 Å². The quantitative estimate of drug-likeness (QED) is 0.171. The number of hydrogen-bond donors (Lipinski definition) is 0. The number of rotatable bonds is 4. The minimum absolute atomic E-state index is 0.267. The predicted molar refractivity (Wildman–Crippen MR) is 225 cm³/mol. The van der Waals surface area contributed by atoms with Gasteiger partial charge < -0.3 is 4.90 Å². The summed E-state index contributed by atoms with van der Waals surface area (Å²) >= 11 is 0. The van der Waals surface area contributed by atoms with Crippen LogP contribution in [0.15, 0.2) is 122 Å². The molecule has 0 aliphatic heterocycles. The zero-order chi connectivity index (χ0) is 36.9. The summed E-state index contributed by atoms with van der Waals surface area (Å²) in [6.45, 7) is 34.6. The van der Waals surface area contributed by atoms with E-state index in [2.05, 4.69) is 173 Å². The fourth-order valence-corrected chi connectivity index (χ4v) is 5.37. The van der Waals surface area contributed by atoms with Crippen LogP contribution in [0.5, 0.6) is 0 Å². The molecule has 0 saturated heterocycles. The largest absolute Gasteiger partial charge is 0.318 e. The third-order valence-electron chi connectivity index (χ3n) is 7.92. The van der Waals surface area contributed by atoms with Crippen molar-refractivity contribution in [3.05, 3.63) is 133 Å². The Kier molecular flexibility index (Phi) is 15.6. The molecule has 1 unspecified atom stereocenters. The number of nitrogens with zero attached hydrogens (tertiary/aromatic N) is 1. The molecule has 0 aromatic heterocycles. The molecule has 0 saturated carbocycles. The van der Waals surface area contributed by atoms with Crippen LogP contribution in [0.4, 0.5) is 11.4 Å². The average Bonchev–Trinajstić information content (AvgIpc) is 3.05. The molecule has 0 amide bonds. The van der Waals surface area contributed by atoms with E-state index in [1.165, 1.54) is 49.1 Å². The number of hydrogen-bond acceptors (Lipinski definition) is 1. The van der Waals surface area contributed by atoms with Gasteiger partial charge in [0.2, 0.25) is 0 Å². The topological polar surface area (TPSA) is 3.24 Å². The number of anilines is 2. The lowest BCUT2D eigenvalue weighted by molar-refractivity contribution is 0.341. The Morgan fingerprint density at radius 2 is 1.02 bits per heavy atom. The lowest BCUT2D eigenvalue weighted by Crippen LogP contribution is -2.15. The Balaban J connectivity index is 0.000000270. The van der Waals surface area contributed by atoms with Crippen LogP contribution in [0.3, 0.4) is 0 Å². The standard InChI is InChI=1S/C22H22.C15H15N.C5H12.C4H10.C2H6/c1-14(22(2,3)4)18-12-10-17-9-8-15-6-5-7-16-11-13-19(18)21(17)20(15)16;1-3-16(14-10-5-4-6-11-14)15-12-8-7-9-13(15)2;1-5(2,3)4;1-4(2)3;1-2/h5-14H,1-4H3;3-12H,1H2,2H3;1-4H3;4H,1-3H3;1-2H3. The van der Waals surface area contributed by atoms with E-state index in [4.69, 9.17) is 0 Å². The van der Waals surface area contributed by atoms with Crippen LogP contribution in [0.25, 0.3) is 32.3 Å². The Morgan fingerprint density at radius 1 is 0.571 bits per heavy atom. The molecule has 49 heavy (non-hydrogen) atoms. The van der Waals surface area contributed by atoms with Gasteiger partial charge in [0, 0.05) is 17.6 Å². The molecular weight excluding hydrogens is 591 g/mol. The molecule has 0 fully saturated rings. The van der Waals surface area contributed by atoms with Gasteiger partial charge in [-0.15, -0.1) is 0 Å². The van der Waals surface area contributed by atoms with Crippen molar-refractivity contribution in [2.75, 3.05) is 4.90 Å². The van der Waals surface area contributed by atoms with Crippen LogP contribution in [-0.2, 0) is 0 Å². The van der Waals surface area contributed by atoms with Crippen LogP contribution in [0, 0.1) is 23.7 Å². The van der Waals surface area contributed by atoms with Crippen LogP contribution in [-0.4, -0.2) is 0 Å². The van der Waals surface area contributed by atoms with Gasteiger partial charge in [-0.2, -0.15) is 0 Å². The first-order valence-electron chi connectivity index (χ1n) is 18.2. The van der Waals surface area contributed by atoms with Crippen molar-refractivity contribution in [1.29, 1.82) is 0 Å². The van der Waals surface area contributed by atoms with Gasteiger partial charge in [0.05, 0.1) is 0 Å². The second-order valence-corrected chi connectivity index (χ2v) is 16.0. The number of aryl methyl sites for hydroxylation is 1. The van der Waals surface area contributed by atoms with Gasteiger partial charge in [-0.05, 0) is 91.2 Å². The van der Waals surface area contributed by atoms with E-state index in [0.29, 0.717) is 11.3 Å². The van der Waals surface area contributed by atoms with Gasteiger partial charge in [-0.3, -0.25) is 0 Å². The molecule has 262 valence electrons. The van der Waals surface area contributed by atoms with E-state index < -0.39 is 0 Å². The Hall–Kier alpha value is -4.10. The molecule has 6 aromatic rings. The van der Waals surface area contributed by atoms with Gasteiger partial charge in [0.1, 0.15) is 0 Å². The summed E-state index contributed by atoms with van der Waals surface area (Å²) in [5, 5.41) is 8.31. The third-order valence-corrected chi connectivity index (χ3v) is 7.92. The normalized spacial score (nSPS) is 11.7. The highest BCUT2D eigenvalue weighted by atomic mass is 15.1. The first kappa shape index (κ1) is 41.1. The highest BCUT2D eigenvalue weighted by Crippen LogP contribution is 2.42. The fourth-order valence-electron chi connectivity index (χ4n) is 5.37. The van der Waals surface area contributed by atoms with E-state index in [9.17, 15) is 0 Å². The molecule has 1 nitrogen and oxygen atoms in total. The molecule has 0 radical (unpaired) electrons. The zero-order valence-electron chi connectivity index (χ0n) is 33.3. The van der Waals surface area contributed by atoms with Crippen LogP contribution in [0.2, 0.25) is 0 Å². The Labute approximate surface area is 300 Å². The van der Waals surface area contributed by atoms with Crippen LogP contribution < -0.4 is 4.90 Å². The van der Waals surface area contributed by atoms with Crippen LogP contribution in [0.1, 0.15) is 107 Å². The summed E-state index contributed by atoms with van der Waals surface area (Å²) in [5.74, 6) is 1.36. The summed E-state index contributed by atoms with van der Waals surface area (Å²) in [7, 11) is 0. The number of para-hydroxylation sites is 2. The van der Waals surface area contributed by atoms with Crippen molar-refractivity contribution in [1.82, 2.24) is 0 Å². The van der Waals surface area contributed by atoms with Gasteiger partial charge in [-0.25, -0.2) is 0 Å². The molecule has 0 N–H and O–H groups in total. The Morgan fingerprint density at radius 3 is 1.51 bits per heavy atom. The maximum absolute atomic E-state index is 3.88. The molecule has 6 rings (SSSR count). The smallest absolute Gasteiger partial charge is 0.0484 e. The van der Waals surface area contributed by atoms with Crippen molar-refractivity contribution in [3.8, 4) is 0 Å². The molecular formula is C48H65N. The minimum atomic E-state index is 0.267. The maximum atomic E-state index is 3.88. The molecule has 0 aliphatic rings. The highest BCUT2D eigenvalue weighted by molar-refractivity contribution is 6.23. The highest BCUT2D eigenvalue weighted by Gasteiger charge is 2.24. The lowest BCUT2D eigenvalue weighted by Gasteiger charge is -2.29. The van der Waals surface area contributed by atoms with E-state index in [1.807, 2.05) is 50.4 Å². The van der Waals surface area contributed by atoms with Crippen molar-refractivity contribution >= 4 is 43.7 Å².